The monoisotopic (exact) mass is 332 g/mol. The first-order valence-corrected chi connectivity index (χ1v) is 8.24. The van der Waals surface area contributed by atoms with Gasteiger partial charge in [-0.3, -0.25) is 4.99 Å². The minimum absolute atomic E-state index is 0.606. The molecule has 3 rings (SSSR count). The van der Waals surface area contributed by atoms with Gasteiger partial charge in [-0.1, -0.05) is 29.8 Å². The maximum absolute atomic E-state index is 6.17. The van der Waals surface area contributed by atoms with E-state index < -0.39 is 0 Å². The number of nitrogens with one attached hydrogen (secondary N) is 2. The second kappa shape index (κ2) is 7.46. The summed E-state index contributed by atoms with van der Waals surface area (Å²) in [6, 6.07) is 7.78. The smallest absolute Gasteiger partial charge is 0.191 e. The number of aliphatic imine (C=N–C) groups is 1. The number of aromatic nitrogens is 3. The summed E-state index contributed by atoms with van der Waals surface area (Å²) in [5.74, 6) is 2.77. The third-order valence-corrected chi connectivity index (χ3v) is 4.35. The number of nitrogens with zero attached hydrogens (tertiary/aromatic N) is 4. The maximum atomic E-state index is 6.17. The van der Waals surface area contributed by atoms with E-state index in [0.29, 0.717) is 13.1 Å². The van der Waals surface area contributed by atoms with E-state index >= 15 is 0 Å². The zero-order chi connectivity index (χ0) is 16.1. The summed E-state index contributed by atoms with van der Waals surface area (Å²) in [5.41, 5.74) is 1.04. The zero-order valence-corrected chi connectivity index (χ0v) is 14.0. The van der Waals surface area contributed by atoms with Gasteiger partial charge < -0.3 is 15.2 Å². The summed E-state index contributed by atoms with van der Waals surface area (Å²) in [4.78, 5) is 4.24. The Morgan fingerprint density at radius 2 is 2.04 bits per heavy atom. The van der Waals surface area contributed by atoms with Gasteiger partial charge in [0.25, 0.3) is 0 Å². The predicted molar refractivity (Wildman–Crippen MR) is 91.5 cm³/mol. The molecule has 2 N–H and O–H groups in total. The molecule has 122 valence electrons. The lowest BCUT2D eigenvalue weighted by molar-refractivity contribution is 0.504. The van der Waals surface area contributed by atoms with Crippen LogP contribution in [0.4, 0.5) is 0 Å². The van der Waals surface area contributed by atoms with E-state index in [4.69, 9.17) is 11.6 Å². The van der Waals surface area contributed by atoms with Crippen LogP contribution in [0.3, 0.4) is 0 Å². The Bertz CT molecular complexity index is 694. The standard InChI is InChI=1S/C16H21ClN6/c1-18-16(19-10-12-6-2-3-7-13(12)17)20-11-15-22-21-14-8-4-5-9-23(14)15/h2-3,6-7H,4-5,8-11H2,1H3,(H2,18,19,20). The van der Waals surface area contributed by atoms with Crippen LogP contribution in [0.1, 0.15) is 30.1 Å². The van der Waals surface area contributed by atoms with Crippen molar-refractivity contribution in [2.45, 2.75) is 38.9 Å². The molecule has 6 nitrogen and oxygen atoms in total. The van der Waals surface area contributed by atoms with Crippen molar-refractivity contribution in [1.82, 2.24) is 25.4 Å². The molecule has 0 aliphatic carbocycles. The van der Waals surface area contributed by atoms with E-state index in [0.717, 1.165) is 41.2 Å². The fraction of sp³-hybridized carbons (Fsp3) is 0.438. The highest BCUT2D eigenvalue weighted by atomic mass is 35.5. The van der Waals surface area contributed by atoms with Crippen LogP contribution in [0.5, 0.6) is 0 Å². The second-order valence-electron chi connectivity index (χ2n) is 5.51. The highest BCUT2D eigenvalue weighted by molar-refractivity contribution is 6.31. The lowest BCUT2D eigenvalue weighted by Gasteiger charge is -2.16. The molecule has 1 aromatic heterocycles. The molecule has 0 bridgehead atoms. The third kappa shape index (κ3) is 3.82. The predicted octanol–water partition coefficient (Wildman–Crippen LogP) is 2.13. The van der Waals surface area contributed by atoms with Crippen molar-refractivity contribution in [3.63, 3.8) is 0 Å². The van der Waals surface area contributed by atoms with Crippen molar-refractivity contribution in [2.75, 3.05) is 7.05 Å². The quantitative estimate of drug-likeness (QED) is 0.665. The van der Waals surface area contributed by atoms with Crippen LogP contribution in [0.15, 0.2) is 29.3 Å². The SMILES string of the molecule is CN=C(NCc1ccccc1Cl)NCc1nnc2n1CCCC2. The number of aryl methyl sites for hydroxylation is 1. The Hall–Kier alpha value is -2.08. The Balaban J connectivity index is 1.56. The first-order valence-electron chi connectivity index (χ1n) is 7.87. The van der Waals surface area contributed by atoms with E-state index in [1.54, 1.807) is 7.05 Å². The van der Waals surface area contributed by atoms with Crippen LogP contribution < -0.4 is 10.6 Å². The van der Waals surface area contributed by atoms with Crippen LogP contribution in [-0.2, 0) is 26.1 Å². The zero-order valence-electron chi connectivity index (χ0n) is 13.2. The Morgan fingerprint density at radius 1 is 1.22 bits per heavy atom. The van der Waals surface area contributed by atoms with Crippen LogP contribution in [0.25, 0.3) is 0 Å². The molecule has 0 unspecified atom stereocenters. The molecule has 2 heterocycles. The summed E-state index contributed by atoms with van der Waals surface area (Å²) in [6.45, 7) is 2.23. The van der Waals surface area contributed by atoms with E-state index in [1.807, 2.05) is 24.3 Å². The van der Waals surface area contributed by atoms with Gasteiger partial charge in [0, 0.05) is 31.6 Å². The van der Waals surface area contributed by atoms with Crippen LogP contribution in [0.2, 0.25) is 5.02 Å². The third-order valence-electron chi connectivity index (χ3n) is 3.98. The highest BCUT2D eigenvalue weighted by Crippen LogP contribution is 2.15. The van der Waals surface area contributed by atoms with E-state index in [2.05, 4.69) is 30.4 Å². The molecule has 0 spiro atoms. The Kier molecular flexibility index (Phi) is 5.12. The van der Waals surface area contributed by atoms with Gasteiger partial charge in [0.1, 0.15) is 5.82 Å². The number of benzene rings is 1. The maximum Gasteiger partial charge on any atom is 0.191 e. The fourth-order valence-corrected chi connectivity index (χ4v) is 2.91. The molecule has 0 saturated heterocycles. The number of fused-ring (bicyclic) bond motifs is 1. The van der Waals surface area contributed by atoms with Gasteiger partial charge in [-0.25, -0.2) is 0 Å². The van der Waals surface area contributed by atoms with Crippen molar-refractivity contribution in [3.8, 4) is 0 Å². The number of guanidine groups is 1. The number of hydrogen-bond donors (Lipinski definition) is 2. The summed E-state index contributed by atoms with van der Waals surface area (Å²) < 4.78 is 2.21. The lowest BCUT2D eigenvalue weighted by Crippen LogP contribution is -2.37. The van der Waals surface area contributed by atoms with Gasteiger partial charge in [-0.2, -0.15) is 0 Å². The van der Waals surface area contributed by atoms with Crippen molar-refractivity contribution < 1.29 is 0 Å². The molecule has 0 fully saturated rings. The first-order chi connectivity index (χ1) is 11.3. The van der Waals surface area contributed by atoms with Crippen LogP contribution >= 0.6 is 11.6 Å². The van der Waals surface area contributed by atoms with Crippen molar-refractivity contribution >= 4 is 17.6 Å². The molecule has 1 aliphatic heterocycles. The average molecular weight is 333 g/mol. The largest absolute Gasteiger partial charge is 0.352 e. The van der Waals surface area contributed by atoms with Crippen molar-refractivity contribution in [1.29, 1.82) is 0 Å². The molecule has 1 aromatic carbocycles. The normalized spacial score (nSPS) is 14.4. The minimum Gasteiger partial charge on any atom is -0.352 e. The number of halogens is 1. The molecule has 0 saturated carbocycles. The van der Waals surface area contributed by atoms with Gasteiger partial charge in [-0.15, -0.1) is 10.2 Å². The van der Waals surface area contributed by atoms with Crippen molar-refractivity contribution in [2.24, 2.45) is 4.99 Å². The Morgan fingerprint density at radius 3 is 2.87 bits per heavy atom. The van der Waals surface area contributed by atoms with Gasteiger partial charge in [0.05, 0.1) is 6.54 Å². The molecule has 0 radical (unpaired) electrons. The number of hydrogen-bond acceptors (Lipinski definition) is 3. The average Bonchev–Trinajstić information content (AvgIpc) is 3.00. The van der Waals surface area contributed by atoms with Gasteiger partial charge >= 0.3 is 0 Å². The van der Waals surface area contributed by atoms with Crippen LogP contribution in [-0.4, -0.2) is 27.8 Å². The highest BCUT2D eigenvalue weighted by Gasteiger charge is 2.15. The molecular weight excluding hydrogens is 312 g/mol. The van der Waals surface area contributed by atoms with Gasteiger partial charge in [0.15, 0.2) is 11.8 Å². The summed E-state index contributed by atoms with van der Waals surface area (Å²) >= 11 is 6.17. The first kappa shape index (κ1) is 15.8. The molecule has 0 atom stereocenters. The molecule has 23 heavy (non-hydrogen) atoms. The summed E-state index contributed by atoms with van der Waals surface area (Å²) in [7, 11) is 1.75. The summed E-state index contributed by atoms with van der Waals surface area (Å²) in [5, 5.41) is 15.8. The van der Waals surface area contributed by atoms with Gasteiger partial charge in [0.2, 0.25) is 0 Å². The number of rotatable bonds is 4. The molecule has 1 aliphatic rings. The lowest BCUT2D eigenvalue weighted by atomic mass is 10.2. The molecule has 2 aromatic rings. The second-order valence-corrected chi connectivity index (χ2v) is 5.92. The molecule has 7 heteroatoms. The summed E-state index contributed by atoms with van der Waals surface area (Å²) in [6.07, 6.45) is 3.41. The van der Waals surface area contributed by atoms with E-state index in [-0.39, 0.29) is 0 Å². The Labute approximate surface area is 141 Å². The van der Waals surface area contributed by atoms with Crippen molar-refractivity contribution in [3.05, 3.63) is 46.5 Å². The molecular formula is C16H21ClN6. The van der Waals surface area contributed by atoms with Gasteiger partial charge in [-0.05, 0) is 24.5 Å². The topological polar surface area (TPSA) is 67.1 Å². The molecule has 0 amide bonds. The minimum atomic E-state index is 0.606. The fourth-order valence-electron chi connectivity index (χ4n) is 2.70. The van der Waals surface area contributed by atoms with E-state index in [9.17, 15) is 0 Å². The van der Waals surface area contributed by atoms with Crippen LogP contribution in [0, 0.1) is 0 Å². The van der Waals surface area contributed by atoms with E-state index in [1.165, 1.54) is 12.8 Å².